The zero-order valence-electron chi connectivity index (χ0n) is 17.0. The molecule has 1 aromatic carbocycles. The third kappa shape index (κ3) is 3.79. The van der Waals surface area contributed by atoms with Crippen molar-refractivity contribution >= 4 is 15.6 Å². The fourth-order valence-electron chi connectivity index (χ4n) is 4.02. The van der Waals surface area contributed by atoms with E-state index in [1.54, 1.807) is 25.1 Å². The highest BCUT2D eigenvalue weighted by atomic mass is 32.2. The molecule has 1 unspecified atom stereocenters. The van der Waals surface area contributed by atoms with Gasteiger partial charge in [0, 0.05) is 28.6 Å². The van der Waals surface area contributed by atoms with Crippen LogP contribution in [0.15, 0.2) is 24.3 Å². The molecule has 0 amide bonds. The lowest BCUT2D eigenvalue weighted by molar-refractivity contribution is 0.0960. The van der Waals surface area contributed by atoms with Crippen molar-refractivity contribution in [3.05, 3.63) is 52.6 Å². The van der Waals surface area contributed by atoms with Gasteiger partial charge >= 0.3 is 0 Å². The SMILES string of the molecule is Cc1cc(-c2nnn(CC(=O)c3cc(C)n(C4CCS(=O)(=O)C4)c3C)n2)ccc1F. The van der Waals surface area contributed by atoms with E-state index >= 15 is 0 Å². The number of tetrazole rings is 1. The van der Waals surface area contributed by atoms with Crippen LogP contribution in [0.4, 0.5) is 4.39 Å². The number of benzene rings is 1. The Morgan fingerprint density at radius 1 is 1.23 bits per heavy atom. The Hall–Kier alpha value is -2.88. The van der Waals surface area contributed by atoms with E-state index in [4.69, 9.17) is 0 Å². The highest BCUT2D eigenvalue weighted by molar-refractivity contribution is 7.91. The fourth-order valence-corrected chi connectivity index (χ4v) is 5.72. The Balaban J connectivity index is 1.54. The maximum atomic E-state index is 13.5. The first kappa shape index (κ1) is 20.4. The lowest BCUT2D eigenvalue weighted by Crippen LogP contribution is -2.16. The zero-order chi connectivity index (χ0) is 21.6. The molecule has 4 rings (SSSR count). The molecule has 0 bridgehead atoms. The van der Waals surface area contributed by atoms with Crippen LogP contribution in [-0.2, 0) is 16.4 Å². The van der Waals surface area contributed by atoms with E-state index in [1.165, 1.54) is 10.9 Å². The summed E-state index contributed by atoms with van der Waals surface area (Å²) in [6, 6.07) is 6.17. The number of sulfone groups is 1. The minimum absolute atomic E-state index is 0.0968. The van der Waals surface area contributed by atoms with E-state index < -0.39 is 9.84 Å². The second kappa shape index (κ2) is 7.42. The van der Waals surface area contributed by atoms with Crippen LogP contribution in [0.5, 0.6) is 0 Å². The van der Waals surface area contributed by atoms with Crippen LogP contribution in [0, 0.1) is 26.6 Å². The molecule has 1 fully saturated rings. The van der Waals surface area contributed by atoms with Gasteiger partial charge in [0.25, 0.3) is 0 Å². The molecule has 0 aliphatic carbocycles. The summed E-state index contributed by atoms with van der Waals surface area (Å²) in [5.74, 6) is 0.0860. The molecule has 0 radical (unpaired) electrons. The van der Waals surface area contributed by atoms with Crippen LogP contribution in [0.3, 0.4) is 0 Å². The second-order valence-corrected chi connectivity index (χ2v) is 9.97. The van der Waals surface area contributed by atoms with Gasteiger partial charge < -0.3 is 4.57 Å². The van der Waals surface area contributed by atoms with Gasteiger partial charge in [0.1, 0.15) is 12.4 Å². The molecule has 1 saturated heterocycles. The predicted molar refractivity (Wildman–Crippen MR) is 108 cm³/mol. The summed E-state index contributed by atoms with van der Waals surface area (Å²) < 4.78 is 39.1. The molecule has 0 N–H and O–H groups in total. The summed E-state index contributed by atoms with van der Waals surface area (Å²) in [5, 5.41) is 12.1. The van der Waals surface area contributed by atoms with E-state index in [9.17, 15) is 17.6 Å². The molecular formula is C20H22FN5O3S. The number of aromatic nitrogens is 5. The predicted octanol–water partition coefficient (Wildman–Crippen LogP) is 2.45. The van der Waals surface area contributed by atoms with Crippen molar-refractivity contribution in [2.45, 2.75) is 39.8 Å². The van der Waals surface area contributed by atoms with Crippen molar-refractivity contribution in [3.8, 4) is 11.4 Å². The van der Waals surface area contributed by atoms with E-state index in [1.807, 2.05) is 18.4 Å². The summed E-state index contributed by atoms with van der Waals surface area (Å²) in [5.41, 5.74) is 3.21. The van der Waals surface area contributed by atoms with Gasteiger partial charge in [-0.2, -0.15) is 4.80 Å². The number of hydrogen-bond acceptors (Lipinski definition) is 6. The standard InChI is InChI=1S/C20H22FN5O3S/c1-12-8-15(4-5-18(12)21)20-22-24-25(23-20)10-19(27)17-9-13(2)26(14(17)3)16-6-7-30(28,29)11-16/h4-5,8-9,16H,6-7,10-11H2,1-3H3. The van der Waals surface area contributed by atoms with Crippen molar-refractivity contribution in [2.75, 3.05) is 11.5 Å². The van der Waals surface area contributed by atoms with Gasteiger partial charge in [0.05, 0.1) is 11.5 Å². The Labute approximate surface area is 173 Å². The average Bonchev–Trinajstić information content (AvgIpc) is 3.35. The number of halogens is 1. The van der Waals surface area contributed by atoms with Crippen molar-refractivity contribution in [1.29, 1.82) is 0 Å². The van der Waals surface area contributed by atoms with Gasteiger partial charge in [-0.3, -0.25) is 4.79 Å². The lowest BCUT2D eigenvalue weighted by atomic mass is 10.1. The third-order valence-corrected chi connectivity index (χ3v) is 7.26. The largest absolute Gasteiger partial charge is 0.344 e. The number of aryl methyl sites for hydroxylation is 2. The topological polar surface area (TPSA) is 99.7 Å². The average molecular weight is 431 g/mol. The first-order valence-corrected chi connectivity index (χ1v) is 11.4. The van der Waals surface area contributed by atoms with Gasteiger partial charge in [-0.15, -0.1) is 10.2 Å². The smallest absolute Gasteiger partial charge is 0.204 e. The molecule has 158 valence electrons. The lowest BCUT2D eigenvalue weighted by Gasteiger charge is -2.16. The number of rotatable bonds is 5. The second-order valence-electron chi connectivity index (χ2n) is 7.74. The maximum Gasteiger partial charge on any atom is 0.204 e. The maximum absolute atomic E-state index is 13.5. The van der Waals surface area contributed by atoms with Crippen molar-refractivity contribution < 1.29 is 17.6 Å². The molecule has 3 heterocycles. The summed E-state index contributed by atoms with van der Waals surface area (Å²) >= 11 is 0. The first-order chi connectivity index (χ1) is 14.1. The van der Waals surface area contributed by atoms with Crippen molar-refractivity contribution in [1.82, 2.24) is 24.8 Å². The van der Waals surface area contributed by atoms with E-state index in [0.717, 1.165) is 11.4 Å². The molecule has 30 heavy (non-hydrogen) atoms. The van der Waals surface area contributed by atoms with Crippen LogP contribution in [0.2, 0.25) is 0 Å². The van der Waals surface area contributed by atoms with Crippen molar-refractivity contribution in [2.24, 2.45) is 0 Å². The molecule has 3 aromatic rings. The molecule has 1 aliphatic heterocycles. The summed E-state index contributed by atoms with van der Waals surface area (Å²) in [6.07, 6.45) is 0.553. The number of hydrogen-bond donors (Lipinski definition) is 0. The highest BCUT2D eigenvalue weighted by Crippen LogP contribution is 2.29. The van der Waals surface area contributed by atoms with Gasteiger partial charge in [0.15, 0.2) is 15.6 Å². The molecule has 0 saturated carbocycles. The van der Waals surface area contributed by atoms with Gasteiger partial charge in [-0.1, -0.05) is 0 Å². The highest BCUT2D eigenvalue weighted by Gasteiger charge is 2.31. The molecule has 0 spiro atoms. The van der Waals surface area contributed by atoms with Crippen LogP contribution < -0.4 is 0 Å². The zero-order valence-corrected chi connectivity index (χ0v) is 17.8. The van der Waals surface area contributed by atoms with Crippen LogP contribution in [0.1, 0.15) is 39.8 Å². The normalized spacial score (nSPS) is 18.1. The summed E-state index contributed by atoms with van der Waals surface area (Å²) in [4.78, 5) is 14.1. The minimum atomic E-state index is -3.03. The summed E-state index contributed by atoms with van der Waals surface area (Å²) in [6.45, 7) is 5.25. The van der Waals surface area contributed by atoms with Crippen LogP contribution >= 0.6 is 0 Å². The van der Waals surface area contributed by atoms with Crippen LogP contribution in [-0.4, -0.2) is 50.5 Å². The Morgan fingerprint density at radius 3 is 2.67 bits per heavy atom. The number of nitrogens with zero attached hydrogens (tertiary/aromatic N) is 5. The van der Waals surface area contributed by atoms with Crippen LogP contribution in [0.25, 0.3) is 11.4 Å². The monoisotopic (exact) mass is 431 g/mol. The number of Topliss-reactive ketones (excluding diaryl/α,β-unsaturated/α-hetero) is 1. The molecule has 8 nitrogen and oxygen atoms in total. The van der Waals surface area contributed by atoms with Crippen molar-refractivity contribution in [3.63, 3.8) is 0 Å². The van der Waals surface area contributed by atoms with Gasteiger partial charge in [-0.25, -0.2) is 12.8 Å². The molecule has 1 aliphatic rings. The number of ketones is 1. The molecule has 2 aromatic heterocycles. The Morgan fingerprint density at radius 2 is 2.00 bits per heavy atom. The fraction of sp³-hybridized carbons (Fsp3) is 0.400. The Kier molecular flexibility index (Phi) is 5.05. The number of carbonyl (C=O) groups excluding carboxylic acids is 1. The van der Waals surface area contributed by atoms with Gasteiger partial charge in [0.2, 0.25) is 5.82 Å². The third-order valence-electron chi connectivity index (χ3n) is 5.51. The summed E-state index contributed by atoms with van der Waals surface area (Å²) in [7, 11) is -3.03. The Bertz CT molecular complexity index is 1250. The minimum Gasteiger partial charge on any atom is -0.344 e. The van der Waals surface area contributed by atoms with E-state index in [0.29, 0.717) is 28.9 Å². The molecular weight excluding hydrogens is 409 g/mol. The van der Waals surface area contributed by atoms with E-state index in [-0.39, 0.29) is 35.7 Å². The quantitative estimate of drug-likeness (QED) is 0.576. The first-order valence-electron chi connectivity index (χ1n) is 9.61. The van der Waals surface area contributed by atoms with Gasteiger partial charge in [-0.05, 0) is 62.2 Å². The molecule has 1 atom stereocenters. The molecule has 10 heteroatoms. The van der Waals surface area contributed by atoms with E-state index in [2.05, 4.69) is 15.4 Å². The number of carbonyl (C=O) groups is 1.